The molecular weight excluding hydrogens is 1180 g/mol. The Morgan fingerprint density at radius 3 is 2.04 bits per heavy atom. The number of anilines is 3. The molecule has 20 rings (SSSR count). The fourth-order valence-corrected chi connectivity index (χ4v) is 15.8. The molecule has 0 spiro atoms. The number of nitrogens with zero attached hydrogens (tertiary/aromatic N) is 4. The van der Waals surface area contributed by atoms with E-state index in [1.54, 1.807) is 4.57 Å². The van der Waals surface area contributed by atoms with Crippen molar-refractivity contribution in [3.8, 4) is 67.4 Å². The first-order valence-corrected chi connectivity index (χ1v) is 32.9. The second kappa shape index (κ2) is 21.2. The maximum Gasteiger partial charge on any atom is 0.256 e. The maximum atomic E-state index is 9.78. The van der Waals surface area contributed by atoms with E-state index < -0.39 is 18.8 Å². The summed E-state index contributed by atoms with van der Waals surface area (Å²) in [6.45, 7) is 6.16. The Bertz CT molecular complexity index is 6690. The lowest BCUT2D eigenvalue weighted by molar-refractivity contribution is 0.487. The Morgan fingerprint density at radius 2 is 1.19 bits per heavy atom. The second-order valence-corrected chi connectivity index (χ2v) is 26.5. The largest absolute Gasteiger partial charge is 0.458 e. The van der Waals surface area contributed by atoms with E-state index in [0.29, 0.717) is 34.0 Å². The van der Waals surface area contributed by atoms with E-state index in [0.717, 1.165) is 144 Å². The predicted octanol–water partition coefficient (Wildman–Crippen LogP) is 21.8. The fraction of sp³-hybridized carbons (Fsp3) is 0.0674. The third-order valence-corrected chi connectivity index (χ3v) is 20.1. The van der Waals surface area contributed by atoms with Crippen LogP contribution < -0.4 is 26.0 Å². The topological polar surface area (TPSA) is 61.5 Å². The van der Waals surface area contributed by atoms with Gasteiger partial charge in [0.25, 0.3) is 6.71 Å². The van der Waals surface area contributed by atoms with E-state index in [1.807, 2.05) is 42.7 Å². The molecule has 8 heteroatoms. The lowest BCUT2D eigenvalue weighted by Gasteiger charge is -2.41. The van der Waals surface area contributed by atoms with Gasteiger partial charge in [-0.15, -0.1) is 0 Å². The molecule has 5 aromatic heterocycles. The van der Waals surface area contributed by atoms with Crippen molar-refractivity contribution in [1.82, 2.24) is 14.1 Å². The Labute approximate surface area is 572 Å². The molecule has 7 nitrogen and oxygen atoms in total. The Balaban J connectivity index is 0.897. The van der Waals surface area contributed by atoms with Gasteiger partial charge in [0.05, 0.1) is 39.4 Å². The summed E-state index contributed by atoms with van der Waals surface area (Å²) >= 11 is 0. The number of furan rings is 2. The van der Waals surface area contributed by atoms with E-state index in [-0.39, 0.29) is 71.0 Å². The molecule has 0 saturated heterocycles. The molecule has 0 amide bonds. The molecule has 0 N–H and O–H groups in total. The molecule has 1 aliphatic carbocycles. The predicted molar refractivity (Wildman–Crippen MR) is 403 cm³/mol. The summed E-state index contributed by atoms with van der Waals surface area (Å²) in [7, 11) is 0. The average Bonchev–Trinajstić information content (AvgIpc) is 1.63. The zero-order valence-electron chi connectivity index (χ0n) is 61.1. The Morgan fingerprint density at radius 1 is 0.464 bits per heavy atom. The highest BCUT2D eigenvalue weighted by atomic mass is 16.5. The average molecular weight is 1250 g/mol. The fourth-order valence-electron chi connectivity index (χ4n) is 15.8. The number of fused-ring (bicyclic) bond motifs is 17. The van der Waals surface area contributed by atoms with Gasteiger partial charge in [0.1, 0.15) is 33.8 Å². The van der Waals surface area contributed by atoms with Crippen LogP contribution in [0.4, 0.5) is 17.1 Å². The number of hydrogen-bond donors (Lipinski definition) is 0. The van der Waals surface area contributed by atoms with Crippen LogP contribution in [-0.4, -0.2) is 20.8 Å². The number of para-hydroxylation sites is 4. The van der Waals surface area contributed by atoms with Crippen LogP contribution in [0.15, 0.2) is 294 Å². The number of pyridine rings is 1. The minimum absolute atomic E-state index is 0.0770. The van der Waals surface area contributed by atoms with E-state index in [1.165, 1.54) is 0 Å². The first-order chi connectivity index (χ1) is 51.1. The van der Waals surface area contributed by atoms with Gasteiger partial charge in [0, 0.05) is 107 Å². The number of benzene rings is 12. The van der Waals surface area contributed by atoms with Crippen LogP contribution in [0.2, 0.25) is 0 Å². The Kier molecular flexibility index (Phi) is 10.4. The van der Waals surface area contributed by atoms with Gasteiger partial charge in [-0.25, -0.2) is 0 Å². The molecule has 17 aromatic rings. The van der Waals surface area contributed by atoms with Gasteiger partial charge in [-0.05, 0) is 134 Å². The first-order valence-electron chi connectivity index (χ1n) is 36.9. The van der Waals surface area contributed by atoms with Crippen molar-refractivity contribution >= 4 is 123 Å². The number of ether oxygens (including phenoxy) is 1. The summed E-state index contributed by atoms with van der Waals surface area (Å²) in [4.78, 5) is 6.96. The zero-order valence-corrected chi connectivity index (χ0v) is 53.1. The summed E-state index contributed by atoms with van der Waals surface area (Å²) in [6.07, 6.45) is 3.29. The summed E-state index contributed by atoms with van der Waals surface area (Å²) in [5.41, 5.74) is 20.3. The second-order valence-electron chi connectivity index (χ2n) is 26.5. The number of hydrogen-bond acceptors (Lipinski definition) is 5. The van der Waals surface area contributed by atoms with Crippen LogP contribution in [0.5, 0.6) is 11.5 Å². The molecule has 0 radical (unpaired) electrons. The van der Waals surface area contributed by atoms with Crippen LogP contribution in [0, 0.1) is 0 Å². The molecule has 458 valence electrons. The van der Waals surface area contributed by atoms with Gasteiger partial charge in [-0.2, -0.15) is 0 Å². The van der Waals surface area contributed by atoms with E-state index >= 15 is 0 Å². The molecule has 0 saturated carbocycles. The van der Waals surface area contributed by atoms with Gasteiger partial charge in [-0.1, -0.05) is 221 Å². The highest BCUT2D eigenvalue weighted by molar-refractivity contribution is 6.99. The normalized spacial score (nSPS) is 16.4. The zero-order chi connectivity index (χ0) is 71.2. The van der Waals surface area contributed by atoms with Gasteiger partial charge in [0.2, 0.25) is 0 Å². The summed E-state index contributed by atoms with van der Waals surface area (Å²) in [5.74, 6) is 1.27. The standard InChI is InChI=1S/C89H61BN4O3/c1-89(2,3)57-39-44-76(69(49-57)55-25-10-7-11-26-55)94-77-50-58(92-73-35-13-5-4-12-29-63(73)64-30-16-19-36-74(64)92)40-42-71(77)90-72-43-41-59(93-75-37-20-17-31-65(75)66-45-46-91-53-79(66)93)51-81(72)95-83-48-56(47-78(94)86(83)90)61-33-22-34-68-84-82(97-87(61)68)52-70(88-85(84)67-32-18-21-38-80(67)96-88)62-28-15-14-27-60(62)54-23-8-6-9-24-54/h5-34,36-53H,4,35H2,1-3H3/b13-5-,29-12-/i5D,12D,13D,16D,19D,29D,30D,36D. The third kappa shape index (κ3) is 8.39. The minimum atomic E-state index is -0.487. The van der Waals surface area contributed by atoms with Crippen molar-refractivity contribution in [2.24, 2.45) is 0 Å². The SMILES string of the molecule is [2H]/C1=C(\[2H])Cc2c(c3c([2H])c([2H])c([2H])c([2H])c3n2-c2ccc3c(c2)N(c2ccc(C(C)(C)C)cc2-c2ccccc2)c2cc(-c4cccc5c4oc4cc(-c6ccccc6-c6ccccc6)c6oc7ccccc7c6c45)cc4c2B3c2ccc(-n3c5ccccc5c5ccncc53)cc2O4)/C([2H])=C(/[2H])C1. The molecule has 0 fully saturated rings. The monoisotopic (exact) mass is 1250 g/mol. The van der Waals surface area contributed by atoms with E-state index in [9.17, 15) is 8.22 Å². The quantitative estimate of drug-likeness (QED) is 0.118. The molecule has 0 bridgehead atoms. The molecule has 0 atom stereocenters. The third-order valence-electron chi connectivity index (χ3n) is 20.1. The Hall–Kier alpha value is -12.1. The van der Waals surface area contributed by atoms with Crippen molar-refractivity contribution in [3.63, 3.8) is 0 Å². The van der Waals surface area contributed by atoms with Crippen LogP contribution in [-0.2, 0) is 11.8 Å². The van der Waals surface area contributed by atoms with Crippen LogP contribution in [0.1, 0.15) is 55.0 Å². The smallest absolute Gasteiger partial charge is 0.256 e. The molecule has 0 unspecified atom stereocenters. The summed E-state index contributed by atoms with van der Waals surface area (Å²) in [6, 6.07) is 77.8. The maximum absolute atomic E-state index is 9.78. The van der Waals surface area contributed by atoms with Crippen molar-refractivity contribution < 1.29 is 24.5 Å². The van der Waals surface area contributed by atoms with Gasteiger partial charge >= 0.3 is 0 Å². The lowest BCUT2D eigenvalue weighted by atomic mass is 9.34. The number of aromatic nitrogens is 3. The molecule has 7 heterocycles. The van der Waals surface area contributed by atoms with Crippen LogP contribution in [0.25, 0.3) is 139 Å². The molecular formula is C89H61BN4O3. The van der Waals surface area contributed by atoms with Crippen LogP contribution >= 0.6 is 0 Å². The minimum Gasteiger partial charge on any atom is -0.458 e. The van der Waals surface area contributed by atoms with Crippen molar-refractivity contribution in [2.45, 2.75) is 39.0 Å². The lowest BCUT2D eigenvalue weighted by Crippen LogP contribution is -2.59. The van der Waals surface area contributed by atoms with Crippen molar-refractivity contribution in [1.29, 1.82) is 0 Å². The number of allylic oxidation sites excluding steroid dienone is 3. The summed E-state index contributed by atoms with van der Waals surface area (Å²) < 4.78 is 101. The molecule has 3 aliphatic rings. The first kappa shape index (κ1) is 47.7. The summed E-state index contributed by atoms with van der Waals surface area (Å²) in [5, 5.41) is 5.98. The molecule has 12 aromatic carbocycles. The van der Waals surface area contributed by atoms with Gasteiger partial charge < -0.3 is 27.6 Å². The number of rotatable bonds is 7. The highest BCUT2D eigenvalue weighted by Crippen LogP contribution is 2.52. The van der Waals surface area contributed by atoms with Crippen molar-refractivity contribution in [2.75, 3.05) is 4.90 Å². The highest BCUT2D eigenvalue weighted by Gasteiger charge is 2.44. The van der Waals surface area contributed by atoms with Crippen LogP contribution in [0.3, 0.4) is 0 Å². The van der Waals surface area contributed by atoms with Crippen molar-refractivity contribution in [3.05, 3.63) is 302 Å². The molecule has 2 aliphatic heterocycles. The van der Waals surface area contributed by atoms with Gasteiger partial charge in [0.15, 0.2) is 0 Å². The van der Waals surface area contributed by atoms with E-state index in [2.05, 4.69) is 235 Å². The van der Waals surface area contributed by atoms with Gasteiger partial charge in [-0.3, -0.25) is 4.98 Å². The molecule has 97 heavy (non-hydrogen) atoms. The van der Waals surface area contributed by atoms with E-state index in [4.69, 9.17) is 16.3 Å².